The van der Waals surface area contributed by atoms with Gasteiger partial charge in [-0.2, -0.15) is 26.3 Å². The van der Waals surface area contributed by atoms with Gasteiger partial charge in [0.2, 0.25) is 12.2 Å². The first kappa shape index (κ1) is 32.2. The number of benzene rings is 3. The van der Waals surface area contributed by atoms with E-state index < -0.39 is 70.6 Å². The third-order valence-electron chi connectivity index (χ3n) is 5.28. The van der Waals surface area contributed by atoms with Crippen LogP contribution in [0.3, 0.4) is 0 Å². The van der Waals surface area contributed by atoms with Crippen LogP contribution in [0.25, 0.3) is 0 Å². The van der Waals surface area contributed by atoms with Gasteiger partial charge in [0, 0.05) is 5.02 Å². The van der Waals surface area contributed by atoms with Gasteiger partial charge in [-0.1, -0.05) is 35.3 Å². The molecule has 42 heavy (non-hydrogen) atoms. The van der Waals surface area contributed by atoms with Crippen LogP contribution in [0.15, 0.2) is 66.7 Å². The Morgan fingerprint density at radius 1 is 0.714 bits per heavy atom. The number of aliphatic carboxylic acids is 1. The molecule has 16 heteroatoms. The summed E-state index contributed by atoms with van der Waals surface area (Å²) < 4.78 is 88.3. The summed E-state index contributed by atoms with van der Waals surface area (Å²) >= 11 is 11.8. The lowest BCUT2D eigenvalue weighted by Gasteiger charge is -2.24. The molecule has 2 N–H and O–H groups in total. The van der Waals surface area contributed by atoms with Gasteiger partial charge in [0.1, 0.15) is 0 Å². The Morgan fingerprint density at radius 2 is 1.19 bits per heavy atom. The molecule has 0 aliphatic heterocycles. The van der Waals surface area contributed by atoms with E-state index >= 15 is 0 Å². The molecule has 0 heterocycles. The molecule has 0 bridgehead atoms. The van der Waals surface area contributed by atoms with E-state index in [-0.39, 0.29) is 15.7 Å². The quantitative estimate of drug-likeness (QED) is 0.214. The molecule has 0 aliphatic rings. The number of carbonyl (C=O) groups excluding carboxylic acids is 3. The summed E-state index contributed by atoms with van der Waals surface area (Å²) in [6.07, 6.45) is -15.1. The molecule has 0 saturated heterocycles. The summed E-state index contributed by atoms with van der Waals surface area (Å²) in [5.41, 5.74) is -4.30. The molecule has 222 valence electrons. The topological polar surface area (TPSA) is 119 Å². The first-order valence-corrected chi connectivity index (χ1v) is 12.0. The second kappa shape index (κ2) is 12.7. The summed E-state index contributed by atoms with van der Waals surface area (Å²) in [4.78, 5) is 50.6. The summed E-state index contributed by atoms with van der Waals surface area (Å²) in [6.45, 7) is 0. The van der Waals surface area contributed by atoms with E-state index in [4.69, 9.17) is 32.7 Å². The third kappa shape index (κ3) is 8.13. The van der Waals surface area contributed by atoms with Gasteiger partial charge in [-0.25, -0.2) is 14.4 Å². The fourth-order valence-corrected chi connectivity index (χ4v) is 3.76. The molecule has 0 aromatic heterocycles. The molecule has 0 saturated carbocycles. The van der Waals surface area contributed by atoms with Crippen LogP contribution in [0.1, 0.15) is 31.8 Å². The number of ether oxygens (including phenoxy) is 2. The lowest BCUT2D eigenvalue weighted by molar-refractivity contribution is -0.157. The molecule has 3 aromatic rings. The third-order valence-corrected chi connectivity index (χ3v) is 5.83. The van der Waals surface area contributed by atoms with Gasteiger partial charge in [-0.05, 0) is 54.6 Å². The Labute approximate surface area is 241 Å². The van der Waals surface area contributed by atoms with E-state index in [0.717, 1.165) is 24.3 Å². The molecule has 0 fully saturated rings. The van der Waals surface area contributed by atoms with Gasteiger partial charge in [0.25, 0.3) is 5.91 Å². The molecule has 3 aromatic carbocycles. The zero-order valence-corrected chi connectivity index (χ0v) is 21.9. The summed E-state index contributed by atoms with van der Waals surface area (Å²) in [7, 11) is 0. The Morgan fingerprint density at radius 3 is 1.62 bits per heavy atom. The van der Waals surface area contributed by atoms with Crippen LogP contribution >= 0.6 is 23.2 Å². The van der Waals surface area contributed by atoms with Gasteiger partial charge in [-0.3, -0.25) is 4.79 Å². The van der Waals surface area contributed by atoms with Crippen molar-refractivity contribution in [1.82, 2.24) is 0 Å². The minimum Gasteiger partial charge on any atom is -0.478 e. The molecular formula is C26H15Cl2F6NO7. The van der Waals surface area contributed by atoms with Crippen LogP contribution in [-0.2, 0) is 31.4 Å². The number of carbonyl (C=O) groups is 4. The van der Waals surface area contributed by atoms with Crippen molar-refractivity contribution >= 4 is 52.7 Å². The highest BCUT2D eigenvalue weighted by molar-refractivity contribution is 6.36. The number of nitrogens with one attached hydrogen (secondary N) is 1. The molecule has 3 rings (SSSR count). The maximum absolute atomic E-state index is 13.1. The smallest absolute Gasteiger partial charge is 0.416 e. The van der Waals surface area contributed by atoms with Gasteiger partial charge in [0.15, 0.2) is 0 Å². The number of alkyl halides is 6. The van der Waals surface area contributed by atoms with Crippen LogP contribution in [0.2, 0.25) is 10.0 Å². The second-order valence-corrected chi connectivity index (χ2v) is 9.10. The van der Waals surface area contributed by atoms with E-state index in [1.165, 1.54) is 18.2 Å². The Balaban J connectivity index is 1.99. The standard InChI is InChI=1S/C26H15Cl2F6NO7/c27-16-7-8-18(17(28)11-16)35-21(36)19(41-23(39)12-3-1-5-14(9-12)25(29,30)31)20(22(37)38)42-24(40)13-4-2-6-15(10-13)26(32,33)34/h1-11,19-20H,(H,35,36)(H,37,38)/t19-,20+/m0/s1. The fraction of sp³-hybridized carbons (Fsp3) is 0.154. The molecule has 1 amide bonds. The van der Waals surface area contributed by atoms with Crippen molar-refractivity contribution in [2.45, 2.75) is 24.6 Å². The monoisotopic (exact) mass is 637 g/mol. The molecule has 2 atom stereocenters. The normalized spacial score (nSPS) is 13.0. The number of rotatable bonds is 8. The van der Waals surface area contributed by atoms with Crippen molar-refractivity contribution in [3.8, 4) is 0 Å². The van der Waals surface area contributed by atoms with Crippen LogP contribution in [0, 0.1) is 0 Å². The van der Waals surface area contributed by atoms with Crippen molar-refractivity contribution in [2.24, 2.45) is 0 Å². The number of anilines is 1. The van der Waals surface area contributed by atoms with E-state index in [1.807, 2.05) is 0 Å². The van der Waals surface area contributed by atoms with E-state index in [1.54, 1.807) is 0 Å². The molecule has 0 spiro atoms. The van der Waals surface area contributed by atoms with Crippen molar-refractivity contribution in [3.05, 3.63) is 99.0 Å². The number of hydrogen-bond acceptors (Lipinski definition) is 6. The van der Waals surface area contributed by atoms with Gasteiger partial charge < -0.3 is 19.9 Å². The molecule has 0 radical (unpaired) electrons. The fourth-order valence-electron chi connectivity index (χ4n) is 3.30. The zero-order chi connectivity index (χ0) is 31.4. The first-order valence-electron chi connectivity index (χ1n) is 11.2. The molecule has 8 nitrogen and oxygen atoms in total. The van der Waals surface area contributed by atoms with Crippen LogP contribution in [0.5, 0.6) is 0 Å². The Hall–Kier alpha value is -4.30. The summed E-state index contributed by atoms with van der Waals surface area (Å²) in [6, 6.07) is 8.93. The summed E-state index contributed by atoms with van der Waals surface area (Å²) in [5, 5.41) is 11.8. The SMILES string of the molecule is O=C(O[C@H](C(=O)Nc1ccc(Cl)cc1Cl)[C@@H](OC(=O)c1cccc(C(F)(F)F)c1)C(=O)O)c1cccc(C(F)(F)F)c1. The van der Waals surface area contributed by atoms with E-state index in [0.29, 0.717) is 24.3 Å². The van der Waals surface area contributed by atoms with Gasteiger partial charge in [0.05, 0.1) is 33.0 Å². The zero-order valence-electron chi connectivity index (χ0n) is 20.4. The highest BCUT2D eigenvalue weighted by Crippen LogP contribution is 2.31. The minimum absolute atomic E-state index is 0.129. The Kier molecular flexibility index (Phi) is 9.74. The molecular weight excluding hydrogens is 623 g/mol. The van der Waals surface area contributed by atoms with E-state index in [9.17, 15) is 50.6 Å². The van der Waals surface area contributed by atoms with E-state index in [2.05, 4.69) is 5.32 Å². The number of esters is 2. The Bertz CT molecular complexity index is 1530. The predicted molar refractivity (Wildman–Crippen MR) is 134 cm³/mol. The number of halogens is 8. The number of carboxylic acids is 1. The number of carboxylic acid groups (broad SMARTS) is 1. The second-order valence-electron chi connectivity index (χ2n) is 8.26. The lowest BCUT2D eigenvalue weighted by Crippen LogP contribution is -2.48. The lowest BCUT2D eigenvalue weighted by atomic mass is 10.1. The highest BCUT2D eigenvalue weighted by Gasteiger charge is 2.42. The average Bonchev–Trinajstić information content (AvgIpc) is 2.91. The minimum atomic E-state index is -4.89. The van der Waals surface area contributed by atoms with Crippen molar-refractivity contribution < 1.29 is 60.1 Å². The van der Waals surface area contributed by atoms with Gasteiger partial charge >= 0.3 is 30.3 Å². The molecule has 0 aliphatic carbocycles. The number of hydrogen-bond donors (Lipinski definition) is 2. The van der Waals surface area contributed by atoms with Crippen molar-refractivity contribution in [3.63, 3.8) is 0 Å². The predicted octanol–water partition coefficient (Wildman–Crippen LogP) is 6.51. The highest BCUT2D eigenvalue weighted by atomic mass is 35.5. The first-order chi connectivity index (χ1) is 19.5. The molecule has 0 unspecified atom stereocenters. The summed E-state index contributed by atoms with van der Waals surface area (Å²) in [5.74, 6) is -6.88. The largest absolute Gasteiger partial charge is 0.478 e. The van der Waals surface area contributed by atoms with Gasteiger partial charge in [-0.15, -0.1) is 0 Å². The van der Waals surface area contributed by atoms with Crippen molar-refractivity contribution in [1.29, 1.82) is 0 Å². The van der Waals surface area contributed by atoms with Crippen LogP contribution in [-0.4, -0.2) is 41.1 Å². The number of amides is 1. The maximum Gasteiger partial charge on any atom is 0.416 e. The average molecular weight is 638 g/mol. The van der Waals surface area contributed by atoms with Crippen LogP contribution in [0.4, 0.5) is 32.0 Å². The van der Waals surface area contributed by atoms with Crippen LogP contribution < -0.4 is 5.32 Å². The van der Waals surface area contributed by atoms with Crippen molar-refractivity contribution in [2.75, 3.05) is 5.32 Å². The maximum atomic E-state index is 13.1.